The summed E-state index contributed by atoms with van der Waals surface area (Å²) in [5, 5.41) is 14.1. The largest absolute Gasteiger partial charge is 0.366 e. The van der Waals surface area contributed by atoms with E-state index in [1.165, 1.54) is 12.1 Å². The second-order valence-corrected chi connectivity index (χ2v) is 6.71. The normalized spacial score (nSPS) is 19.9. The minimum absolute atomic E-state index is 0.0601. The number of amides is 2. The predicted octanol–water partition coefficient (Wildman–Crippen LogP) is 1.03. The zero-order valence-corrected chi connectivity index (χ0v) is 13.9. The summed E-state index contributed by atoms with van der Waals surface area (Å²) in [5.74, 6) is -0.562. The van der Waals surface area contributed by atoms with Gasteiger partial charge in [-0.15, -0.1) is 11.8 Å². The van der Waals surface area contributed by atoms with Gasteiger partial charge in [0, 0.05) is 17.7 Å². The van der Waals surface area contributed by atoms with Crippen molar-refractivity contribution in [3.8, 4) is 0 Å². The minimum Gasteiger partial charge on any atom is -0.366 e. The lowest BCUT2D eigenvalue weighted by Gasteiger charge is -2.19. The topological polar surface area (TPSA) is 141 Å². The summed E-state index contributed by atoms with van der Waals surface area (Å²) in [6.07, 6.45) is 2.96. The van der Waals surface area contributed by atoms with E-state index in [0.29, 0.717) is 17.4 Å². The molecule has 1 aromatic carbocycles. The van der Waals surface area contributed by atoms with Crippen LogP contribution in [0.25, 0.3) is 0 Å². The fourth-order valence-electron chi connectivity index (χ4n) is 2.84. The first-order chi connectivity index (χ1) is 11.4. The number of thioether (sulfide) groups is 1. The molecule has 24 heavy (non-hydrogen) atoms. The van der Waals surface area contributed by atoms with Gasteiger partial charge in [-0.1, -0.05) is 6.42 Å². The van der Waals surface area contributed by atoms with Gasteiger partial charge in [0.1, 0.15) is 0 Å². The van der Waals surface area contributed by atoms with E-state index in [1.54, 1.807) is 0 Å². The highest BCUT2D eigenvalue weighted by Crippen LogP contribution is 2.30. The van der Waals surface area contributed by atoms with Gasteiger partial charge in [0.25, 0.3) is 5.69 Å². The lowest BCUT2D eigenvalue weighted by atomic mass is 10.0. The molecule has 0 spiro atoms. The van der Waals surface area contributed by atoms with Crippen LogP contribution in [0.5, 0.6) is 0 Å². The van der Waals surface area contributed by atoms with Crippen molar-refractivity contribution in [2.75, 3.05) is 12.3 Å². The molecule has 5 N–H and O–H groups in total. The summed E-state index contributed by atoms with van der Waals surface area (Å²) in [7, 11) is 0. The van der Waals surface area contributed by atoms with E-state index in [9.17, 15) is 19.7 Å². The molecular weight excluding hydrogens is 332 g/mol. The number of benzene rings is 1. The molecular formula is C15H20N4O4S. The number of nitrogens with two attached hydrogens (primary N) is 2. The highest BCUT2D eigenvalue weighted by atomic mass is 32.2. The number of hydrogen-bond donors (Lipinski definition) is 3. The molecule has 1 fully saturated rings. The summed E-state index contributed by atoms with van der Waals surface area (Å²) < 4.78 is 0. The van der Waals surface area contributed by atoms with E-state index in [2.05, 4.69) is 5.32 Å². The lowest BCUT2D eigenvalue weighted by Crippen LogP contribution is -2.40. The van der Waals surface area contributed by atoms with E-state index < -0.39 is 10.8 Å². The van der Waals surface area contributed by atoms with Crippen LogP contribution in [0.3, 0.4) is 0 Å². The highest BCUT2D eigenvalue weighted by molar-refractivity contribution is 8.00. The molecule has 2 rings (SSSR count). The van der Waals surface area contributed by atoms with E-state index in [-0.39, 0.29) is 29.0 Å². The van der Waals surface area contributed by atoms with Gasteiger partial charge < -0.3 is 16.8 Å². The Hall–Kier alpha value is -2.13. The second kappa shape index (κ2) is 8.11. The molecule has 2 unspecified atom stereocenters. The van der Waals surface area contributed by atoms with Crippen LogP contribution < -0.4 is 16.8 Å². The molecule has 2 amide bonds. The quantitative estimate of drug-likeness (QED) is 0.380. The number of hydrogen-bond acceptors (Lipinski definition) is 6. The van der Waals surface area contributed by atoms with Gasteiger partial charge in [-0.05, 0) is 37.4 Å². The number of rotatable bonds is 7. The summed E-state index contributed by atoms with van der Waals surface area (Å²) in [5.41, 5.74) is 10.6. The molecule has 0 radical (unpaired) electrons. The summed E-state index contributed by atoms with van der Waals surface area (Å²) >= 11 is 1.06. The molecule has 1 aliphatic rings. The molecule has 0 bridgehead atoms. The molecule has 0 aromatic heterocycles. The maximum Gasteiger partial charge on any atom is 0.283 e. The van der Waals surface area contributed by atoms with Crippen LogP contribution in [0.4, 0.5) is 5.69 Å². The van der Waals surface area contributed by atoms with Crippen molar-refractivity contribution in [1.29, 1.82) is 0 Å². The van der Waals surface area contributed by atoms with Crippen molar-refractivity contribution < 1.29 is 14.5 Å². The van der Waals surface area contributed by atoms with E-state index >= 15 is 0 Å². The fraction of sp³-hybridized carbons (Fsp3) is 0.467. The van der Waals surface area contributed by atoms with Crippen LogP contribution in [0, 0.1) is 16.0 Å². The third kappa shape index (κ3) is 4.45. The molecule has 9 heteroatoms. The maximum atomic E-state index is 12.1. The predicted molar refractivity (Wildman–Crippen MR) is 90.7 cm³/mol. The van der Waals surface area contributed by atoms with Gasteiger partial charge in [0.05, 0.1) is 15.6 Å². The number of nitrogens with one attached hydrogen (secondary N) is 1. The standard InChI is InChI=1S/C15H20N4O4S/c16-7-10-2-1-3-11(10)18-14(20)8-24-13-5-4-9(15(17)21)6-12(13)19(22)23/h4-6,10-11H,1-3,7-8,16H2,(H2,17,21)(H,18,20). The Balaban J connectivity index is 1.99. The first-order valence-corrected chi connectivity index (χ1v) is 8.61. The van der Waals surface area contributed by atoms with Gasteiger partial charge in [-0.25, -0.2) is 0 Å². The Kier molecular flexibility index (Phi) is 6.16. The molecule has 0 aliphatic heterocycles. The number of nitro groups is 1. The number of nitrogens with zero attached hydrogens (tertiary/aromatic N) is 1. The molecule has 8 nitrogen and oxygen atoms in total. The van der Waals surface area contributed by atoms with Crippen molar-refractivity contribution >= 4 is 29.3 Å². The summed E-state index contributed by atoms with van der Waals surface area (Å²) in [4.78, 5) is 34.1. The molecule has 1 saturated carbocycles. The SMILES string of the molecule is NCC1CCCC1NC(=O)CSc1ccc(C(N)=O)cc1[N+](=O)[O-]. The average Bonchev–Trinajstić information content (AvgIpc) is 2.99. The molecule has 130 valence electrons. The number of carbonyl (C=O) groups excluding carboxylic acids is 2. The van der Waals surface area contributed by atoms with Crippen molar-refractivity contribution in [3.05, 3.63) is 33.9 Å². The Morgan fingerprint density at radius 2 is 2.12 bits per heavy atom. The van der Waals surface area contributed by atoms with Crippen LogP contribution in [-0.2, 0) is 4.79 Å². The third-order valence-electron chi connectivity index (χ3n) is 4.11. The van der Waals surface area contributed by atoms with Crippen LogP contribution in [0.2, 0.25) is 0 Å². The number of nitro benzene ring substituents is 1. The van der Waals surface area contributed by atoms with Crippen molar-refractivity contribution in [2.45, 2.75) is 30.2 Å². The van der Waals surface area contributed by atoms with Crippen LogP contribution in [-0.4, -0.2) is 35.1 Å². The average molecular weight is 352 g/mol. The Morgan fingerprint density at radius 3 is 2.75 bits per heavy atom. The summed E-state index contributed by atoms with van der Waals surface area (Å²) in [6, 6.07) is 4.06. The van der Waals surface area contributed by atoms with Gasteiger partial charge in [0.15, 0.2) is 0 Å². The van der Waals surface area contributed by atoms with Crippen LogP contribution in [0.15, 0.2) is 23.1 Å². The Bertz CT molecular complexity index is 652. The van der Waals surface area contributed by atoms with E-state index in [1.807, 2.05) is 0 Å². The van der Waals surface area contributed by atoms with Crippen molar-refractivity contribution in [1.82, 2.24) is 5.32 Å². The molecule has 1 aromatic rings. The zero-order valence-electron chi connectivity index (χ0n) is 13.1. The molecule has 0 heterocycles. The smallest absolute Gasteiger partial charge is 0.283 e. The van der Waals surface area contributed by atoms with Gasteiger partial charge in [-0.2, -0.15) is 0 Å². The zero-order chi connectivity index (χ0) is 17.7. The minimum atomic E-state index is -0.735. The lowest BCUT2D eigenvalue weighted by molar-refractivity contribution is -0.387. The van der Waals surface area contributed by atoms with Gasteiger partial charge in [0.2, 0.25) is 11.8 Å². The third-order valence-corrected chi connectivity index (χ3v) is 5.17. The first-order valence-electron chi connectivity index (χ1n) is 7.63. The fourth-order valence-corrected chi connectivity index (χ4v) is 3.65. The van der Waals surface area contributed by atoms with E-state index in [4.69, 9.17) is 11.5 Å². The van der Waals surface area contributed by atoms with E-state index in [0.717, 1.165) is 37.1 Å². The molecule has 2 atom stereocenters. The number of carbonyl (C=O) groups is 2. The highest BCUT2D eigenvalue weighted by Gasteiger charge is 2.27. The van der Waals surface area contributed by atoms with Gasteiger partial charge in [-0.3, -0.25) is 19.7 Å². The van der Waals surface area contributed by atoms with Crippen LogP contribution in [0.1, 0.15) is 29.6 Å². The Morgan fingerprint density at radius 1 is 1.38 bits per heavy atom. The van der Waals surface area contributed by atoms with Crippen molar-refractivity contribution in [2.24, 2.45) is 17.4 Å². The molecule has 0 saturated heterocycles. The van der Waals surface area contributed by atoms with Crippen molar-refractivity contribution in [3.63, 3.8) is 0 Å². The maximum absolute atomic E-state index is 12.1. The Labute approximate surface area is 143 Å². The molecule has 1 aliphatic carbocycles. The monoisotopic (exact) mass is 352 g/mol. The first kappa shape index (κ1) is 18.2. The second-order valence-electron chi connectivity index (χ2n) is 5.69. The van der Waals surface area contributed by atoms with Crippen LogP contribution >= 0.6 is 11.8 Å². The number of primary amides is 1. The van der Waals surface area contributed by atoms with Gasteiger partial charge >= 0.3 is 0 Å². The summed E-state index contributed by atoms with van der Waals surface area (Å²) in [6.45, 7) is 0.540.